The summed E-state index contributed by atoms with van der Waals surface area (Å²) in [5, 5.41) is 3.12. The zero-order chi connectivity index (χ0) is 14.8. The lowest BCUT2D eigenvalue weighted by atomic mass is 9.92. The Hall–Kier alpha value is -1.46. The third-order valence-corrected chi connectivity index (χ3v) is 4.00. The fourth-order valence-electron chi connectivity index (χ4n) is 2.84. The molecule has 0 amide bonds. The van der Waals surface area contributed by atoms with Gasteiger partial charge in [-0.2, -0.15) is 0 Å². The smallest absolute Gasteiger partial charge is 0.316 e. The van der Waals surface area contributed by atoms with E-state index in [-0.39, 0.29) is 24.3 Å². The zero-order valence-electron chi connectivity index (χ0n) is 12.8. The Morgan fingerprint density at radius 1 is 1.29 bits per heavy atom. The summed E-state index contributed by atoms with van der Waals surface area (Å²) in [7, 11) is 6.49. The van der Waals surface area contributed by atoms with Gasteiger partial charge in [-0.15, -0.1) is 12.4 Å². The van der Waals surface area contributed by atoms with Crippen molar-refractivity contribution in [1.29, 1.82) is 0 Å². The molecule has 0 aliphatic heterocycles. The Morgan fingerprint density at radius 2 is 1.95 bits per heavy atom. The second-order valence-electron chi connectivity index (χ2n) is 4.99. The maximum Gasteiger partial charge on any atom is 0.316 e. The predicted molar refractivity (Wildman–Crippen MR) is 82.5 cm³/mol. The molecule has 0 heterocycles. The molecule has 1 saturated carbocycles. The summed E-state index contributed by atoms with van der Waals surface area (Å²) in [6.07, 6.45) is 0.788. The molecule has 0 radical (unpaired) electrons. The average Bonchev–Trinajstić information content (AvgIpc) is 3.21. The van der Waals surface area contributed by atoms with Crippen LogP contribution in [0.15, 0.2) is 18.2 Å². The molecular weight excluding hydrogens is 294 g/mol. The number of esters is 1. The van der Waals surface area contributed by atoms with Crippen molar-refractivity contribution in [3.05, 3.63) is 23.8 Å². The molecule has 2 rings (SSSR count). The first-order valence-corrected chi connectivity index (χ1v) is 6.59. The maximum absolute atomic E-state index is 12.2. The van der Waals surface area contributed by atoms with Crippen molar-refractivity contribution in [3.8, 4) is 11.5 Å². The molecule has 6 heteroatoms. The lowest BCUT2D eigenvalue weighted by Crippen LogP contribution is -2.27. The van der Waals surface area contributed by atoms with Crippen LogP contribution in [-0.2, 0) is 14.9 Å². The van der Waals surface area contributed by atoms with Gasteiger partial charge in [-0.25, -0.2) is 0 Å². The molecule has 1 aromatic rings. The Morgan fingerprint density at radius 3 is 2.48 bits per heavy atom. The highest BCUT2D eigenvalue weighted by atomic mass is 35.5. The minimum Gasteiger partial charge on any atom is -0.493 e. The van der Waals surface area contributed by atoms with Gasteiger partial charge in [0.1, 0.15) is 0 Å². The van der Waals surface area contributed by atoms with E-state index in [4.69, 9.17) is 14.2 Å². The molecule has 118 valence electrons. The van der Waals surface area contributed by atoms with Gasteiger partial charge in [0.05, 0.1) is 26.7 Å². The topological polar surface area (TPSA) is 56.8 Å². The molecule has 0 aromatic heterocycles. The highest BCUT2D eigenvalue weighted by molar-refractivity contribution is 5.87. The van der Waals surface area contributed by atoms with E-state index in [1.807, 2.05) is 25.2 Å². The van der Waals surface area contributed by atoms with Gasteiger partial charge in [0.15, 0.2) is 11.5 Å². The van der Waals surface area contributed by atoms with Crippen molar-refractivity contribution < 1.29 is 19.0 Å². The molecule has 5 nitrogen and oxygen atoms in total. The molecule has 0 saturated heterocycles. The molecule has 0 spiro atoms. The van der Waals surface area contributed by atoms with Crippen molar-refractivity contribution in [2.45, 2.75) is 11.8 Å². The highest BCUT2D eigenvalue weighted by Crippen LogP contribution is 2.55. The van der Waals surface area contributed by atoms with Gasteiger partial charge < -0.3 is 19.5 Å². The zero-order valence-corrected chi connectivity index (χ0v) is 13.6. The lowest BCUT2D eigenvalue weighted by Gasteiger charge is -2.17. The summed E-state index contributed by atoms with van der Waals surface area (Å²) < 4.78 is 15.5. The van der Waals surface area contributed by atoms with Crippen molar-refractivity contribution in [1.82, 2.24) is 5.32 Å². The number of rotatable bonds is 6. The number of methoxy groups -OCH3 is 3. The van der Waals surface area contributed by atoms with Crippen LogP contribution in [0.2, 0.25) is 0 Å². The van der Waals surface area contributed by atoms with Gasteiger partial charge in [-0.05, 0) is 43.6 Å². The number of carbonyl (C=O) groups is 1. The molecule has 1 N–H and O–H groups in total. The maximum atomic E-state index is 12.2. The second kappa shape index (κ2) is 7.00. The fraction of sp³-hybridized carbons (Fsp3) is 0.533. The van der Waals surface area contributed by atoms with Gasteiger partial charge >= 0.3 is 5.97 Å². The second-order valence-corrected chi connectivity index (χ2v) is 4.99. The molecule has 2 unspecified atom stereocenters. The Balaban J connectivity index is 0.00000220. The van der Waals surface area contributed by atoms with E-state index in [9.17, 15) is 4.79 Å². The summed E-state index contributed by atoms with van der Waals surface area (Å²) >= 11 is 0. The van der Waals surface area contributed by atoms with Gasteiger partial charge in [-0.3, -0.25) is 4.79 Å². The highest BCUT2D eigenvalue weighted by Gasteiger charge is 2.61. The van der Waals surface area contributed by atoms with E-state index in [0.717, 1.165) is 18.5 Å². The fourth-order valence-corrected chi connectivity index (χ4v) is 2.84. The van der Waals surface area contributed by atoms with E-state index in [1.54, 1.807) is 14.2 Å². The van der Waals surface area contributed by atoms with Crippen LogP contribution in [-0.4, -0.2) is 40.9 Å². The lowest BCUT2D eigenvalue weighted by molar-refractivity contribution is -0.144. The van der Waals surface area contributed by atoms with Crippen LogP contribution >= 0.6 is 12.4 Å². The van der Waals surface area contributed by atoms with Gasteiger partial charge in [0.2, 0.25) is 0 Å². The number of ether oxygens (including phenoxy) is 3. The van der Waals surface area contributed by atoms with Crippen molar-refractivity contribution >= 4 is 18.4 Å². The van der Waals surface area contributed by atoms with Crippen molar-refractivity contribution in [2.24, 2.45) is 5.92 Å². The summed E-state index contributed by atoms with van der Waals surface area (Å²) in [6, 6.07) is 5.60. The predicted octanol–water partition coefficient (Wildman–Crippen LogP) is 1.78. The summed E-state index contributed by atoms with van der Waals surface area (Å²) in [5.74, 6) is 1.34. The van der Waals surface area contributed by atoms with E-state index in [2.05, 4.69) is 5.32 Å². The van der Waals surface area contributed by atoms with Crippen LogP contribution < -0.4 is 14.8 Å². The van der Waals surface area contributed by atoms with Crippen LogP contribution in [0.25, 0.3) is 0 Å². The molecule has 2 atom stereocenters. The Labute approximate surface area is 131 Å². The Bertz CT molecular complexity index is 508. The number of halogens is 1. The molecule has 21 heavy (non-hydrogen) atoms. The minimum absolute atomic E-state index is 0. The Kier molecular flexibility index (Phi) is 5.87. The summed E-state index contributed by atoms with van der Waals surface area (Å²) in [6.45, 7) is 0.781. The van der Waals surface area contributed by atoms with Crippen LogP contribution in [0.3, 0.4) is 0 Å². The molecule has 1 fully saturated rings. The molecule has 1 aliphatic rings. The third-order valence-electron chi connectivity index (χ3n) is 4.00. The first-order valence-electron chi connectivity index (χ1n) is 6.59. The van der Waals surface area contributed by atoms with E-state index >= 15 is 0 Å². The van der Waals surface area contributed by atoms with Crippen LogP contribution in [0.5, 0.6) is 11.5 Å². The number of nitrogens with one attached hydrogen (secondary N) is 1. The van der Waals surface area contributed by atoms with Crippen LogP contribution in [0, 0.1) is 5.92 Å². The monoisotopic (exact) mass is 315 g/mol. The van der Waals surface area contributed by atoms with Gasteiger partial charge in [-0.1, -0.05) is 6.07 Å². The van der Waals surface area contributed by atoms with Crippen LogP contribution in [0.4, 0.5) is 0 Å². The first kappa shape index (κ1) is 17.6. The van der Waals surface area contributed by atoms with Crippen molar-refractivity contribution in [2.75, 3.05) is 34.9 Å². The van der Waals surface area contributed by atoms with Crippen LogP contribution in [0.1, 0.15) is 12.0 Å². The average molecular weight is 316 g/mol. The van der Waals surface area contributed by atoms with Gasteiger partial charge in [0, 0.05) is 0 Å². The molecule has 1 aliphatic carbocycles. The van der Waals surface area contributed by atoms with E-state index < -0.39 is 5.41 Å². The standard InChI is InChI=1S/C15H21NO4.ClH/c1-16-9-11-8-15(11,14(17)20-4)10-5-6-12(18-2)13(7-10)19-3;/h5-7,11,16H,8-9H2,1-4H3;1H. The number of hydrogen-bond donors (Lipinski definition) is 1. The first-order chi connectivity index (χ1) is 9.63. The largest absolute Gasteiger partial charge is 0.493 e. The van der Waals surface area contributed by atoms with Crippen molar-refractivity contribution in [3.63, 3.8) is 0 Å². The molecule has 0 bridgehead atoms. The van der Waals surface area contributed by atoms with Gasteiger partial charge in [0.25, 0.3) is 0 Å². The van der Waals surface area contributed by atoms with E-state index in [1.165, 1.54) is 7.11 Å². The molecular formula is C15H22ClNO4. The van der Waals surface area contributed by atoms with E-state index in [0.29, 0.717) is 11.5 Å². The SMILES string of the molecule is CNCC1CC1(C(=O)OC)c1ccc(OC)c(OC)c1.Cl. The third kappa shape index (κ3) is 2.94. The molecule has 1 aromatic carbocycles. The number of benzene rings is 1. The summed E-state index contributed by atoms with van der Waals surface area (Å²) in [5.41, 5.74) is 0.361. The summed E-state index contributed by atoms with van der Waals surface area (Å²) in [4.78, 5) is 12.2. The number of carbonyl (C=O) groups excluding carboxylic acids is 1. The minimum atomic E-state index is -0.558. The normalized spacial score (nSPS) is 23.0. The quantitative estimate of drug-likeness (QED) is 0.811. The number of hydrogen-bond acceptors (Lipinski definition) is 5.